The summed E-state index contributed by atoms with van der Waals surface area (Å²) in [6.07, 6.45) is 9.10. The van der Waals surface area contributed by atoms with E-state index in [1.165, 1.54) is 17.7 Å². The van der Waals surface area contributed by atoms with Crippen LogP contribution in [0.3, 0.4) is 0 Å². The fraction of sp³-hybridized carbons (Fsp3) is 0.538. The minimum absolute atomic E-state index is 0.591. The molecule has 0 spiro atoms. The van der Waals surface area contributed by atoms with Gasteiger partial charge in [-0.1, -0.05) is 12.2 Å². The van der Waals surface area contributed by atoms with E-state index in [2.05, 4.69) is 34.5 Å². The predicted octanol–water partition coefficient (Wildman–Crippen LogP) is 1.18. The van der Waals surface area contributed by atoms with Crippen molar-refractivity contribution >= 4 is 0 Å². The standard InChI is InChI=1S/C13H19N3/c1-2-6-16-13-8-10-4-3-5-14-12(10)7-11(13)9-15-16/h2,4,8,11-12,14-15H,1,3,5-7,9H2. The summed E-state index contributed by atoms with van der Waals surface area (Å²) in [5.41, 5.74) is 6.38. The van der Waals surface area contributed by atoms with E-state index in [-0.39, 0.29) is 0 Å². The van der Waals surface area contributed by atoms with Crippen LogP contribution in [0.2, 0.25) is 0 Å². The molecule has 0 aromatic heterocycles. The maximum Gasteiger partial charge on any atom is 0.0519 e. The van der Waals surface area contributed by atoms with E-state index in [1.807, 2.05) is 6.08 Å². The lowest BCUT2D eigenvalue weighted by Gasteiger charge is -2.32. The van der Waals surface area contributed by atoms with Gasteiger partial charge in [0.2, 0.25) is 0 Å². The molecule has 86 valence electrons. The minimum atomic E-state index is 0.591. The lowest BCUT2D eigenvalue weighted by atomic mass is 9.84. The van der Waals surface area contributed by atoms with E-state index in [0.29, 0.717) is 12.0 Å². The van der Waals surface area contributed by atoms with Gasteiger partial charge in [-0.15, -0.1) is 6.58 Å². The van der Waals surface area contributed by atoms with Gasteiger partial charge < -0.3 is 10.3 Å². The van der Waals surface area contributed by atoms with Crippen LogP contribution in [0.5, 0.6) is 0 Å². The second-order valence-corrected chi connectivity index (χ2v) is 4.76. The first kappa shape index (κ1) is 10.1. The summed E-state index contributed by atoms with van der Waals surface area (Å²) in [6.45, 7) is 6.91. The number of hydrogen-bond acceptors (Lipinski definition) is 3. The number of nitrogens with zero attached hydrogens (tertiary/aromatic N) is 1. The smallest absolute Gasteiger partial charge is 0.0519 e. The topological polar surface area (TPSA) is 27.3 Å². The van der Waals surface area contributed by atoms with Crippen molar-refractivity contribution in [2.24, 2.45) is 5.92 Å². The summed E-state index contributed by atoms with van der Waals surface area (Å²) < 4.78 is 0. The molecule has 2 heterocycles. The summed E-state index contributed by atoms with van der Waals surface area (Å²) in [7, 11) is 0. The molecule has 2 N–H and O–H groups in total. The molecule has 2 unspecified atom stereocenters. The zero-order valence-electron chi connectivity index (χ0n) is 9.58. The van der Waals surface area contributed by atoms with E-state index in [4.69, 9.17) is 0 Å². The highest BCUT2D eigenvalue weighted by molar-refractivity contribution is 5.36. The molecule has 3 rings (SSSR count). The van der Waals surface area contributed by atoms with Gasteiger partial charge in [0.25, 0.3) is 0 Å². The van der Waals surface area contributed by atoms with E-state index in [0.717, 1.165) is 26.1 Å². The van der Waals surface area contributed by atoms with Crippen LogP contribution in [-0.2, 0) is 0 Å². The molecule has 0 bridgehead atoms. The number of hydrazine groups is 1. The average Bonchev–Trinajstić information content (AvgIpc) is 2.70. The Labute approximate surface area is 96.9 Å². The van der Waals surface area contributed by atoms with Gasteiger partial charge >= 0.3 is 0 Å². The summed E-state index contributed by atoms with van der Waals surface area (Å²) in [5, 5.41) is 5.84. The Bertz CT molecular complexity index is 356. The minimum Gasteiger partial charge on any atom is -0.310 e. The van der Waals surface area contributed by atoms with Crippen molar-refractivity contribution in [1.29, 1.82) is 0 Å². The quantitative estimate of drug-likeness (QED) is 0.680. The summed E-state index contributed by atoms with van der Waals surface area (Å²) in [4.78, 5) is 0. The maximum atomic E-state index is 3.81. The van der Waals surface area contributed by atoms with Crippen LogP contribution in [0.4, 0.5) is 0 Å². The van der Waals surface area contributed by atoms with E-state index >= 15 is 0 Å². The second-order valence-electron chi connectivity index (χ2n) is 4.76. The molecule has 3 nitrogen and oxygen atoms in total. The summed E-state index contributed by atoms with van der Waals surface area (Å²) in [5.74, 6) is 0.674. The van der Waals surface area contributed by atoms with Gasteiger partial charge in [0.05, 0.1) is 6.54 Å². The van der Waals surface area contributed by atoms with Gasteiger partial charge in [0, 0.05) is 24.2 Å². The Morgan fingerprint density at radius 2 is 2.50 bits per heavy atom. The molecule has 2 atom stereocenters. The van der Waals surface area contributed by atoms with Gasteiger partial charge in [0.1, 0.15) is 0 Å². The normalized spacial score (nSPS) is 32.6. The van der Waals surface area contributed by atoms with Gasteiger partial charge in [-0.05, 0) is 31.0 Å². The van der Waals surface area contributed by atoms with Crippen molar-refractivity contribution in [3.05, 3.63) is 36.1 Å². The highest BCUT2D eigenvalue weighted by Crippen LogP contribution is 2.34. The first-order chi connectivity index (χ1) is 7.88. The Balaban J connectivity index is 1.87. The largest absolute Gasteiger partial charge is 0.310 e. The highest BCUT2D eigenvalue weighted by atomic mass is 15.5. The fourth-order valence-corrected chi connectivity index (χ4v) is 2.93. The van der Waals surface area contributed by atoms with Crippen molar-refractivity contribution in [2.75, 3.05) is 19.6 Å². The third kappa shape index (κ3) is 1.60. The molecule has 3 heteroatoms. The average molecular weight is 217 g/mol. The van der Waals surface area contributed by atoms with Crippen LogP contribution in [-0.4, -0.2) is 30.7 Å². The molecule has 1 fully saturated rings. The molecule has 2 aliphatic heterocycles. The monoisotopic (exact) mass is 217 g/mol. The van der Waals surface area contributed by atoms with Crippen molar-refractivity contribution in [3.8, 4) is 0 Å². The number of nitrogens with one attached hydrogen (secondary N) is 2. The van der Waals surface area contributed by atoms with E-state index in [1.54, 1.807) is 0 Å². The third-order valence-corrected chi connectivity index (χ3v) is 3.72. The van der Waals surface area contributed by atoms with Crippen LogP contribution >= 0.6 is 0 Å². The van der Waals surface area contributed by atoms with E-state index < -0.39 is 0 Å². The molecular formula is C13H19N3. The maximum absolute atomic E-state index is 3.81. The fourth-order valence-electron chi connectivity index (χ4n) is 2.93. The second kappa shape index (κ2) is 4.07. The molecule has 1 saturated heterocycles. The third-order valence-electron chi connectivity index (χ3n) is 3.72. The molecule has 16 heavy (non-hydrogen) atoms. The van der Waals surface area contributed by atoms with Crippen LogP contribution in [0.25, 0.3) is 0 Å². The van der Waals surface area contributed by atoms with Crippen molar-refractivity contribution in [2.45, 2.75) is 18.9 Å². The molecule has 0 aromatic carbocycles. The van der Waals surface area contributed by atoms with Crippen LogP contribution in [0, 0.1) is 5.92 Å². The molecule has 3 aliphatic rings. The van der Waals surface area contributed by atoms with Crippen molar-refractivity contribution < 1.29 is 0 Å². The SMILES string of the molecule is C=CCN1NCC2CC3NCCC=C3C=C21. The Kier molecular flexibility index (Phi) is 2.58. The molecule has 0 saturated carbocycles. The van der Waals surface area contributed by atoms with Gasteiger partial charge in [0.15, 0.2) is 0 Å². The molecule has 0 radical (unpaired) electrons. The van der Waals surface area contributed by atoms with Crippen LogP contribution < -0.4 is 10.7 Å². The lowest BCUT2D eigenvalue weighted by Crippen LogP contribution is -2.39. The Hall–Kier alpha value is -1.06. The number of rotatable bonds is 2. The molecule has 1 aliphatic carbocycles. The van der Waals surface area contributed by atoms with Gasteiger partial charge in [-0.2, -0.15) is 0 Å². The van der Waals surface area contributed by atoms with Gasteiger partial charge in [-0.25, -0.2) is 5.43 Å². The number of hydrogen-bond donors (Lipinski definition) is 2. The Morgan fingerprint density at radius 1 is 1.56 bits per heavy atom. The molecular weight excluding hydrogens is 198 g/mol. The lowest BCUT2D eigenvalue weighted by molar-refractivity contribution is 0.326. The van der Waals surface area contributed by atoms with Crippen LogP contribution in [0.1, 0.15) is 12.8 Å². The van der Waals surface area contributed by atoms with Crippen molar-refractivity contribution in [1.82, 2.24) is 15.8 Å². The van der Waals surface area contributed by atoms with Crippen LogP contribution in [0.15, 0.2) is 36.1 Å². The summed E-state index contributed by atoms with van der Waals surface area (Å²) in [6, 6.07) is 0.591. The zero-order chi connectivity index (χ0) is 11.0. The van der Waals surface area contributed by atoms with Gasteiger partial charge in [-0.3, -0.25) is 0 Å². The summed E-state index contributed by atoms with van der Waals surface area (Å²) >= 11 is 0. The highest BCUT2D eigenvalue weighted by Gasteiger charge is 2.34. The van der Waals surface area contributed by atoms with E-state index in [9.17, 15) is 0 Å². The first-order valence-electron chi connectivity index (χ1n) is 6.15. The van der Waals surface area contributed by atoms with Crippen molar-refractivity contribution in [3.63, 3.8) is 0 Å². The molecule has 0 amide bonds. The first-order valence-corrected chi connectivity index (χ1v) is 6.15. The Morgan fingerprint density at radius 3 is 3.38 bits per heavy atom. The number of fused-ring (bicyclic) bond motifs is 2. The molecule has 0 aromatic rings. The predicted molar refractivity (Wildman–Crippen MR) is 65.6 cm³/mol. The zero-order valence-corrected chi connectivity index (χ0v) is 9.58.